The summed E-state index contributed by atoms with van der Waals surface area (Å²) in [5, 5.41) is 12.7. The lowest BCUT2D eigenvalue weighted by Crippen LogP contribution is -2.55. The van der Waals surface area contributed by atoms with Crippen LogP contribution >= 0.6 is 0 Å². The van der Waals surface area contributed by atoms with E-state index >= 15 is 0 Å². The van der Waals surface area contributed by atoms with Gasteiger partial charge in [-0.05, 0) is 44.2 Å². The van der Waals surface area contributed by atoms with E-state index < -0.39 is 41.3 Å². The fraction of sp³-hybridized carbons (Fsp3) is 0.536. The molecule has 8 nitrogen and oxygen atoms in total. The fourth-order valence-corrected chi connectivity index (χ4v) is 4.90. The van der Waals surface area contributed by atoms with Crippen molar-refractivity contribution >= 4 is 23.5 Å². The normalized spacial score (nSPS) is 24.9. The van der Waals surface area contributed by atoms with E-state index in [1.54, 1.807) is 41.7 Å². The van der Waals surface area contributed by atoms with Crippen molar-refractivity contribution in [1.82, 2.24) is 10.2 Å². The summed E-state index contributed by atoms with van der Waals surface area (Å²) in [6.45, 7) is 8.93. The molecule has 1 aromatic carbocycles. The topological polar surface area (TPSA) is 105 Å². The number of alkyl carbamates (subject to hydrolysis) is 1. The summed E-state index contributed by atoms with van der Waals surface area (Å²) in [7, 11) is 1.57. The molecular formula is C28H38N2O6. The summed E-state index contributed by atoms with van der Waals surface area (Å²) >= 11 is 0. The van der Waals surface area contributed by atoms with Crippen LogP contribution in [0.25, 0.3) is 5.57 Å². The summed E-state index contributed by atoms with van der Waals surface area (Å²) in [6, 6.07) is 8.04. The number of aliphatic carboxylic acids is 1. The third kappa shape index (κ3) is 6.16. The molecule has 0 radical (unpaired) electrons. The number of hydrogen-bond donors (Lipinski definition) is 2. The summed E-state index contributed by atoms with van der Waals surface area (Å²) in [4.78, 5) is 39.7. The molecule has 1 heterocycles. The van der Waals surface area contributed by atoms with Gasteiger partial charge in [0, 0.05) is 19.4 Å². The summed E-state index contributed by atoms with van der Waals surface area (Å²) in [6.07, 6.45) is 6.32. The number of benzene rings is 1. The van der Waals surface area contributed by atoms with Gasteiger partial charge in [-0.2, -0.15) is 0 Å². The van der Waals surface area contributed by atoms with Gasteiger partial charge in [0.25, 0.3) is 0 Å². The third-order valence-corrected chi connectivity index (χ3v) is 6.82. The number of carbonyl (C=O) groups excluding carboxylic acids is 2. The molecule has 8 heteroatoms. The number of carboxylic acids is 1. The number of nitrogens with zero attached hydrogens (tertiary/aromatic N) is 1. The van der Waals surface area contributed by atoms with Gasteiger partial charge in [0.1, 0.15) is 17.7 Å². The van der Waals surface area contributed by atoms with Crippen molar-refractivity contribution in [3.05, 3.63) is 54.1 Å². The van der Waals surface area contributed by atoms with Gasteiger partial charge in [-0.15, -0.1) is 0 Å². The van der Waals surface area contributed by atoms with Gasteiger partial charge in [0.15, 0.2) is 0 Å². The number of allylic oxidation sites excluding steroid dienone is 3. The monoisotopic (exact) mass is 498 g/mol. The van der Waals surface area contributed by atoms with Gasteiger partial charge in [-0.3, -0.25) is 4.79 Å². The Morgan fingerprint density at radius 3 is 2.33 bits per heavy atom. The van der Waals surface area contributed by atoms with Gasteiger partial charge in [-0.1, -0.05) is 62.4 Å². The molecule has 0 bridgehead atoms. The highest BCUT2D eigenvalue weighted by atomic mass is 16.6. The second-order valence-electron chi connectivity index (χ2n) is 10.9. The molecule has 2 aliphatic rings. The van der Waals surface area contributed by atoms with Crippen LogP contribution in [-0.4, -0.2) is 64.9 Å². The first-order valence-electron chi connectivity index (χ1n) is 12.4. The molecule has 0 spiro atoms. The van der Waals surface area contributed by atoms with Crippen molar-refractivity contribution < 1.29 is 29.0 Å². The highest BCUT2D eigenvalue weighted by Crippen LogP contribution is 2.41. The Balaban J connectivity index is 1.82. The van der Waals surface area contributed by atoms with Crippen LogP contribution in [0.15, 0.2) is 48.6 Å². The maximum atomic E-state index is 13.6. The fourth-order valence-electron chi connectivity index (χ4n) is 4.90. The van der Waals surface area contributed by atoms with Crippen molar-refractivity contribution in [1.29, 1.82) is 0 Å². The van der Waals surface area contributed by atoms with E-state index in [-0.39, 0.29) is 24.8 Å². The Morgan fingerprint density at radius 2 is 1.83 bits per heavy atom. The van der Waals surface area contributed by atoms with Crippen molar-refractivity contribution in [2.24, 2.45) is 11.8 Å². The number of rotatable bonds is 7. The standard InChI is InChI=1S/C28H38N2O6/c1-18(2)23(29-26(34)36-27(3,4)5)24(31)30-17-28(35-6,16-22(30)25(32)33)21-14-12-20(13-15-21)19-10-8-7-9-11-19/h7-14,18,21-23H,15-17H2,1-6H3,(H,29,34)(H,32,33)/t21?,22-,23-,28-/m0/s1. The van der Waals surface area contributed by atoms with E-state index in [1.807, 2.05) is 36.4 Å². The molecule has 2 amide bonds. The van der Waals surface area contributed by atoms with Gasteiger partial charge in [0.2, 0.25) is 5.91 Å². The second-order valence-corrected chi connectivity index (χ2v) is 10.9. The van der Waals surface area contributed by atoms with E-state index in [9.17, 15) is 19.5 Å². The van der Waals surface area contributed by atoms with E-state index in [0.29, 0.717) is 6.42 Å². The molecule has 1 fully saturated rings. The molecule has 0 saturated carbocycles. The Labute approximate surface area is 213 Å². The van der Waals surface area contributed by atoms with E-state index in [0.717, 1.165) is 11.1 Å². The molecule has 4 atom stereocenters. The Kier molecular flexibility index (Phi) is 8.29. The lowest BCUT2D eigenvalue weighted by Gasteiger charge is -2.36. The molecular weight excluding hydrogens is 460 g/mol. The number of hydrogen-bond acceptors (Lipinski definition) is 5. The Morgan fingerprint density at radius 1 is 1.17 bits per heavy atom. The third-order valence-electron chi connectivity index (χ3n) is 6.82. The van der Waals surface area contributed by atoms with Crippen LogP contribution in [0.3, 0.4) is 0 Å². The molecule has 2 N–H and O–H groups in total. The predicted octanol–water partition coefficient (Wildman–Crippen LogP) is 4.27. The SMILES string of the molecule is CO[C@@]1(C2C=CC(c3ccccc3)=CC2)C[C@@H](C(=O)O)N(C(=O)[C@@H](NC(=O)OC(C)(C)C)C(C)C)C1. The first-order valence-corrected chi connectivity index (χ1v) is 12.4. The van der Waals surface area contributed by atoms with Crippen molar-refractivity contribution in [3.63, 3.8) is 0 Å². The highest BCUT2D eigenvalue weighted by molar-refractivity contribution is 5.90. The zero-order chi connectivity index (χ0) is 26.7. The summed E-state index contributed by atoms with van der Waals surface area (Å²) in [5.74, 6) is -1.93. The van der Waals surface area contributed by atoms with Gasteiger partial charge >= 0.3 is 12.1 Å². The first kappa shape index (κ1) is 27.5. The maximum absolute atomic E-state index is 13.6. The minimum atomic E-state index is -1.10. The summed E-state index contributed by atoms with van der Waals surface area (Å²) < 4.78 is 11.3. The average Bonchev–Trinajstić information content (AvgIpc) is 3.23. The molecule has 196 valence electrons. The lowest BCUT2D eigenvalue weighted by atomic mass is 9.79. The molecule has 1 aromatic rings. The number of amides is 2. The molecule has 1 aliphatic carbocycles. The molecule has 0 aromatic heterocycles. The van der Waals surface area contributed by atoms with Crippen molar-refractivity contribution in [2.45, 2.75) is 70.7 Å². The average molecular weight is 499 g/mol. The molecule has 1 aliphatic heterocycles. The Bertz CT molecular complexity index is 1030. The smallest absolute Gasteiger partial charge is 0.408 e. The lowest BCUT2D eigenvalue weighted by molar-refractivity contribution is -0.149. The van der Waals surface area contributed by atoms with Crippen LogP contribution in [0.1, 0.15) is 53.0 Å². The van der Waals surface area contributed by atoms with Crippen LogP contribution in [0, 0.1) is 11.8 Å². The number of likely N-dealkylation sites (tertiary alicyclic amines) is 1. The van der Waals surface area contributed by atoms with Crippen LogP contribution in [-0.2, 0) is 19.1 Å². The van der Waals surface area contributed by atoms with E-state index in [2.05, 4.69) is 17.5 Å². The molecule has 36 heavy (non-hydrogen) atoms. The Hall–Kier alpha value is -3.13. The first-order chi connectivity index (χ1) is 16.9. The molecule has 3 rings (SSSR count). The number of carboxylic acid groups (broad SMARTS) is 1. The summed E-state index contributed by atoms with van der Waals surface area (Å²) in [5.41, 5.74) is 0.622. The van der Waals surface area contributed by atoms with Gasteiger partial charge < -0.3 is 24.8 Å². The van der Waals surface area contributed by atoms with Crippen LogP contribution in [0.2, 0.25) is 0 Å². The molecule has 1 saturated heterocycles. The zero-order valence-corrected chi connectivity index (χ0v) is 22.0. The minimum absolute atomic E-state index is 0.106. The number of nitrogens with one attached hydrogen (secondary N) is 1. The number of carbonyl (C=O) groups is 3. The number of ether oxygens (including phenoxy) is 2. The van der Waals surface area contributed by atoms with Crippen molar-refractivity contribution in [3.8, 4) is 0 Å². The van der Waals surface area contributed by atoms with Crippen LogP contribution < -0.4 is 5.32 Å². The largest absolute Gasteiger partial charge is 0.480 e. The number of methoxy groups -OCH3 is 1. The van der Waals surface area contributed by atoms with Crippen LogP contribution in [0.4, 0.5) is 4.79 Å². The van der Waals surface area contributed by atoms with Gasteiger partial charge in [0.05, 0.1) is 12.1 Å². The van der Waals surface area contributed by atoms with E-state index in [4.69, 9.17) is 9.47 Å². The zero-order valence-electron chi connectivity index (χ0n) is 22.0. The predicted molar refractivity (Wildman–Crippen MR) is 137 cm³/mol. The maximum Gasteiger partial charge on any atom is 0.408 e. The highest BCUT2D eigenvalue weighted by Gasteiger charge is 2.53. The second kappa shape index (κ2) is 10.9. The minimum Gasteiger partial charge on any atom is -0.480 e. The van der Waals surface area contributed by atoms with E-state index in [1.165, 1.54) is 4.90 Å². The quantitative estimate of drug-likeness (QED) is 0.582. The van der Waals surface area contributed by atoms with Crippen LogP contribution in [0.5, 0.6) is 0 Å². The molecule has 1 unspecified atom stereocenters. The van der Waals surface area contributed by atoms with Crippen molar-refractivity contribution in [2.75, 3.05) is 13.7 Å². The van der Waals surface area contributed by atoms with Gasteiger partial charge in [-0.25, -0.2) is 9.59 Å².